The molecule has 5 heteroatoms. The van der Waals surface area contributed by atoms with Gasteiger partial charge >= 0.3 is 0 Å². The molecule has 0 spiro atoms. The van der Waals surface area contributed by atoms with Gasteiger partial charge in [-0.05, 0) is 43.7 Å². The van der Waals surface area contributed by atoms with Crippen LogP contribution in [-0.4, -0.2) is 17.9 Å². The van der Waals surface area contributed by atoms with Crippen molar-refractivity contribution in [2.24, 2.45) is 0 Å². The van der Waals surface area contributed by atoms with Crippen molar-refractivity contribution in [2.75, 3.05) is 0 Å². The Balaban J connectivity index is 2.01. The van der Waals surface area contributed by atoms with Gasteiger partial charge in [-0.3, -0.25) is 9.59 Å². The van der Waals surface area contributed by atoms with Gasteiger partial charge < -0.3 is 15.1 Å². The zero-order chi connectivity index (χ0) is 15.9. The molecule has 1 heterocycles. The summed E-state index contributed by atoms with van der Waals surface area (Å²) in [4.78, 5) is 24.2. The molecule has 0 bridgehead atoms. The van der Waals surface area contributed by atoms with Crippen molar-refractivity contribution in [3.05, 3.63) is 59.5 Å². The third-order valence-electron chi connectivity index (χ3n) is 3.38. The Bertz CT molecular complexity index is 635. The molecule has 116 valence electrons. The van der Waals surface area contributed by atoms with Gasteiger partial charge in [0.05, 0.1) is 12.8 Å². The predicted molar refractivity (Wildman–Crippen MR) is 83.5 cm³/mol. The molecule has 0 saturated heterocycles. The van der Waals surface area contributed by atoms with Gasteiger partial charge in [-0.15, -0.1) is 0 Å². The van der Waals surface area contributed by atoms with E-state index in [-0.39, 0.29) is 17.9 Å². The van der Waals surface area contributed by atoms with Gasteiger partial charge in [-0.2, -0.15) is 0 Å². The lowest BCUT2D eigenvalue weighted by molar-refractivity contribution is 0.0939. The highest BCUT2D eigenvalue weighted by Gasteiger charge is 2.12. The van der Waals surface area contributed by atoms with Crippen LogP contribution in [-0.2, 0) is 6.54 Å². The van der Waals surface area contributed by atoms with E-state index in [1.54, 1.807) is 42.7 Å². The maximum Gasteiger partial charge on any atom is 0.251 e. The van der Waals surface area contributed by atoms with Gasteiger partial charge in [0.1, 0.15) is 5.76 Å². The quantitative estimate of drug-likeness (QED) is 0.861. The van der Waals surface area contributed by atoms with E-state index in [9.17, 15) is 9.59 Å². The second kappa shape index (κ2) is 7.45. The molecule has 0 saturated carbocycles. The van der Waals surface area contributed by atoms with Gasteiger partial charge in [0, 0.05) is 17.2 Å². The molecule has 0 radical (unpaired) electrons. The van der Waals surface area contributed by atoms with Crippen molar-refractivity contribution in [3.63, 3.8) is 0 Å². The first-order chi connectivity index (χ1) is 10.6. The SMILES string of the molecule is CCC(C)NC(=O)c1cccc(C(=O)NCc2ccco2)c1. The maximum absolute atomic E-state index is 12.1. The number of nitrogens with one attached hydrogen (secondary N) is 2. The number of furan rings is 1. The lowest BCUT2D eigenvalue weighted by atomic mass is 10.1. The number of hydrogen-bond acceptors (Lipinski definition) is 3. The average molecular weight is 300 g/mol. The van der Waals surface area contributed by atoms with E-state index in [2.05, 4.69) is 10.6 Å². The third-order valence-corrected chi connectivity index (χ3v) is 3.38. The first-order valence-corrected chi connectivity index (χ1v) is 7.31. The first-order valence-electron chi connectivity index (χ1n) is 7.31. The van der Waals surface area contributed by atoms with Crippen molar-refractivity contribution in [1.29, 1.82) is 0 Å². The Kier molecular flexibility index (Phi) is 5.36. The summed E-state index contributed by atoms with van der Waals surface area (Å²) in [6.07, 6.45) is 2.41. The lowest BCUT2D eigenvalue weighted by Crippen LogP contribution is -2.32. The molecule has 1 aromatic carbocycles. The average Bonchev–Trinajstić information content (AvgIpc) is 3.06. The Morgan fingerprint density at radius 1 is 1.14 bits per heavy atom. The van der Waals surface area contributed by atoms with Crippen molar-refractivity contribution in [3.8, 4) is 0 Å². The summed E-state index contributed by atoms with van der Waals surface area (Å²) in [6, 6.07) is 10.3. The molecule has 1 atom stereocenters. The van der Waals surface area contributed by atoms with Crippen LogP contribution < -0.4 is 10.6 Å². The van der Waals surface area contributed by atoms with Gasteiger partial charge in [0.15, 0.2) is 0 Å². The summed E-state index contributed by atoms with van der Waals surface area (Å²) < 4.78 is 5.16. The molecule has 2 rings (SSSR count). The summed E-state index contributed by atoms with van der Waals surface area (Å²) in [5.74, 6) is 0.267. The van der Waals surface area contributed by atoms with Crippen LogP contribution in [0.5, 0.6) is 0 Å². The van der Waals surface area contributed by atoms with Crippen molar-refractivity contribution < 1.29 is 14.0 Å². The van der Waals surface area contributed by atoms with Crippen LogP contribution in [0.4, 0.5) is 0 Å². The zero-order valence-electron chi connectivity index (χ0n) is 12.8. The molecule has 1 aromatic heterocycles. The standard InChI is InChI=1S/C17H20N2O3/c1-3-12(2)19-17(21)14-7-4-6-13(10-14)16(20)18-11-15-8-5-9-22-15/h4-10,12H,3,11H2,1-2H3,(H,18,20)(H,19,21). The molecule has 22 heavy (non-hydrogen) atoms. The van der Waals surface area contributed by atoms with E-state index in [1.165, 1.54) is 0 Å². The van der Waals surface area contributed by atoms with Gasteiger partial charge in [-0.1, -0.05) is 13.0 Å². The molecule has 0 aliphatic carbocycles. The van der Waals surface area contributed by atoms with Crippen molar-refractivity contribution in [2.45, 2.75) is 32.9 Å². The summed E-state index contributed by atoms with van der Waals surface area (Å²) in [5.41, 5.74) is 0.925. The van der Waals surface area contributed by atoms with Crippen LogP contribution in [0.1, 0.15) is 46.7 Å². The van der Waals surface area contributed by atoms with Crippen molar-refractivity contribution >= 4 is 11.8 Å². The number of carbonyl (C=O) groups is 2. The van der Waals surface area contributed by atoms with Gasteiger partial charge in [0.25, 0.3) is 11.8 Å². The fourth-order valence-corrected chi connectivity index (χ4v) is 1.89. The van der Waals surface area contributed by atoms with Crippen LogP contribution in [0.25, 0.3) is 0 Å². The van der Waals surface area contributed by atoms with Crippen LogP contribution in [0, 0.1) is 0 Å². The van der Waals surface area contributed by atoms with Gasteiger partial charge in [0.2, 0.25) is 0 Å². The largest absolute Gasteiger partial charge is 0.467 e. The summed E-state index contributed by atoms with van der Waals surface area (Å²) >= 11 is 0. The molecular weight excluding hydrogens is 280 g/mol. The van der Waals surface area contributed by atoms with Crippen molar-refractivity contribution in [1.82, 2.24) is 10.6 Å². The highest BCUT2D eigenvalue weighted by atomic mass is 16.3. The minimum absolute atomic E-state index is 0.101. The molecule has 0 fully saturated rings. The molecular formula is C17H20N2O3. The summed E-state index contributed by atoms with van der Waals surface area (Å²) in [6.45, 7) is 4.26. The highest BCUT2D eigenvalue weighted by molar-refractivity contribution is 5.99. The number of amides is 2. The highest BCUT2D eigenvalue weighted by Crippen LogP contribution is 2.07. The normalized spacial score (nSPS) is 11.7. The number of benzene rings is 1. The Labute approximate surface area is 129 Å². The molecule has 1 unspecified atom stereocenters. The molecule has 2 N–H and O–H groups in total. The summed E-state index contributed by atoms with van der Waals surface area (Å²) in [5, 5.41) is 5.64. The summed E-state index contributed by atoms with van der Waals surface area (Å²) in [7, 11) is 0. The lowest BCUT2D eigenvalue weighted by Gasteiger charge is -2.12. The molecule has 5 nitrogen and oxygen atoms in total. The second-order valence-corrected chi connectivity index (χ2v) is 5.13. The van der Waals surface area contributed by atoms with Crippen LogP contribution in [0.15, 0.2) is 47.1 Å². The molecule has 2 amide bonds. The van der Waals surface area contributed by atoms with E-state index < -0.39 is 0 Å². The Morgan fingerprint density at radius 3 is 2.50 bits per heavy atom. The van der Waals surface area contributed by atoms with E-state index >= 15 is 0 Å². The van der Waals surface area contributed by atoms with Crippen LogP contribution in [0.2, 0.25) is 0 Å². The first kappa shape index (κ1) is 15.8. The fraction of sp³-hybridized carbons (Fsp3) is 0.294. The second-order valence-electron chi connectivity index (χ2n) is 5.13. The smallest absolute Gasteiger partial charge is 0.251 e. The minimum atomic E-state index is -0.241. The number of rotatable bonds is 6. The minimum Gasteiger partial charge on any atom is -0.467 e. The monoisotopic (exact) mass is 300 g/mol. The maximum atomic E-state index is 12.1. The Hall–Kier alpha value is -2.56. The molecule has 0 aliphatic heterocycles. The van der Waals surface area contributed by atoms with Crippen LogP contribution >= 0.6 is 0 Å². The Morgan fingerprint density at radius 2 is 1.86 bits per heavy atom. The van der Waals surface area contributed by atoms with E-state index in [0.29, 0.717) is 23.4 Å². The number of hydrogen-bond donors (Lipinski definition) is 2. The predicted octanol–water partition coefficient (Wildman–Crippen LogP) is 2.74. The van der Waals surface area contributed by atoms with E-state index in [1.807, 2.05) is 13.8 Å². The van der Waals surface area contributed by atoms with Gasteiger partial charge in [-0.25, -0.2) is 0 Å². The van der Waals surface area contributed by atoms with E-state index in [0.717, 1.165) is 6.42 Å². The molecule has 2 aromatic rings. The van der Waals surface area contributed by atoms with Crippen LogP contribution in [0.3, 0.4) is 0 Å². The number of carbonyl (C=O) groups excluding carboxylic acids is 2. The molecule has 0 aliphatic rings. The van der Waals surface area contributed by atoms with E-state index in [4.69, 9.17) is 4.42 Å². The third kappa shape index (κ3) is 4.22. The topological polar surface area (TPSA) is 71.3 Å². The fourth-order valence-electron chi connectivity index (χ4n) is 1.89. The zero-order valence-corrected chi connectivity index (χ0v) is 12.8.